The van der Waals surface area contributed by atoms with E-state index in [4.69, 9.17) is 18.9 Å². The van der Waals surface area contributed by atoms with Crippen LogP contribution in [0.15, 0.2) is 134 Å². The van der Waals surface area contributed by atoms with Gasteiger partial charge in [-0.2, -0.15) is 0 Å². The van der Waals surface area contributed by atoms with Crippen LogP contribution in [0.3, 0.4) is 0 Å². The number of ether oxygens (including phenoxy) is 4. The van der Waals surface area contributed by atoms with Crippen molar-refractivity contribution in [3.05, 3.63) is 134 Å². The summed E-state index contributed by atoms with van der Waals surface area (Å²) < 4.78 is 22.7. The van der Waals surface area contributed by atoms with Crippen molar-refractivity contribution in [3.8, 4) is 0 Å². The molecule has 0 aromatic heterocycles. The predicted octanol–water partition coefficient (Wildman–Crippen LogP) is 17.7. The number of rotatable bonds is 56. The summed E-state index contributed by atoms with van der Waals surface area (Å²) in [5.41, 5.74) is 0. The summed E-state index contributed by atoms with van der Waals surface area (Å²) >= 11 is 0. The molecule has 0 heterocycles. The maximum atomic E-state index is 12.9. The second-order valence-corrected chi connectivity index (χ2v) is 21.6. The second-order valence-electron chi connectivity index (χ2n) is 21.6. The van der Waals surface area contributed by atoms with Gasteiger partial charge < -0.3 is 33.3 Å². The third-order valence-corrected chi connectivity index (χ3v) is 12.9. The van der Waals surface area contributed by atoms with E-state index in [0.717, 1.165) is 135 Å². The van der Waals surface area contributed by atoms with E-state index in [1.165, 1.54) is 64.2 Å². The van der Waals surface area contributed by atoms with Crippen LogP contribution < -0.4 is 5.11 Å². The Bertz CT molecular complexity index is 1750. The summed E-state index contributed by atoms with van der Waals surface area (Å²) in [5, 5.41) is 11.8. The van der Waals surface area contributed by atoms with Crippen LogP contribution in [-0.4, -0.2) is 82.3 Å². The van der Waals surface area contributed by atoms with E-state index in [-0.39, 0.29) is 38.6 Å². The molecule has 0 bridgehead atoms. The smallest absolute Gasteiger partial charge is 0.306 e. The number of hydrogen-bond donors (Lipinski definition) is 0. The molecular formula is C70H115NO8. The molecule has 0 rings (SSSR count). The molecule has 0 spiro atoms. The molecule has 2 unspecified atom stereocenters. The van der Waals surface area contributed by atoms with Crippen molar-refractivity contribution in [2.45, 2.75) is 245 Å². The molecule has 0 aliphatic carbocycles. The topological polar surface area (TPSA) is 111 Å². The van der Waals surface area contributed by atoms with Gasteiger partial charge in [0, 0.05) is 12.8 Å². The largest absolute Gasteiger partial charge is 0.545 e. The fourth-order valence-electron chi connectivity index (χ4n) is 8.15. The number of nitrogens with zero attached hydrogens (tertiary/aromatic N) is 1. The zero-order valence-electron chi connectivity index (χ0n) is 50.9. The number of carboxylic acid groups (broad SMARTS) is 1. The Labute approximate surface area is 484 Å². The molecule has 448 valence electrons. The van der Waals surface area contributed by atoms with Crippen LogP contribution in [0, 0.1) is 0 Å². The highest BCUT2D eigenvalue weighted by atomic mass is 16.7. The molecule has 79 heavy (non-hydrogen) atoms. The molecular weight excluding hydrogens is 983 g/mol. The van der Waals surface area contributed by atoms with Gasteiger partial charge in [-0.1, -0.05) is 244 Å². The number of hydrogen-bond acceptors (Lipinski definition) is 8. The summed E-state index contributed by atoms with van der Waals surface area (Å²) in [6.07, 6.45) is 82.2. The van der Waals surface area contributed by atoms with E-state index >= 15 is 0 Å². The van der Waals surface area contributed by atoms with Gasteiger partial charge in [0.15, 0.2) is 12.4 Å². The minimum atomic E-state index is -1.63. The quantitative estimate of drug-likeness (QED) is 0.0195. The van der Waals surface area contributed by atoms with Gasteiger partial charge in [0.25, 0.3) is 0 Å². The van der Waals surface area contributed by atoms with Crippen molar-refractivity contribution in [1.29, 1.82) is 0 Å². The molecule has 0 aliphatic rings. The van der Waals surface area contributed by atoms with E-state index in [1.807, 2.05) is 21.1 Å². The summed E-state index contributed by atoms with van der Waals surface area (Å²) in [6.45, 7) is 4.49. The number of carboxylic acids is 1. The summed E-state index contributed by atoms with van der Waals surface area (Å²) in [7, 11) is 5.91. The number of allylic oxidation sites excluding steroid dienone is 22. The fourth-order valence-corrected chi connectivity index (χ4v) is 8.15. The lowest BCUT2D eigenvalue weighted by Gasteiger charge is -2.26. The minimum absolute atomic E-state index is 0.139. The lowest BCUT2D eigenvalue weighted by Crippen LogP contribution is -2.44. The highest BCUT2D eigenvalue weighted by Crippen LogP contribution is 2.15. The van der Waals surface area contributed by atoms with Crippen molar-refractivity contribution < 1.29 is 42.9 Å². The fraction of sp³-hybridized carbons (Fsp3) is 0.643. The van der Waals surface area contributed by atoms with Gasteiger partial charge in [-0.15, -0.1) is 0 Å². The summed E-state index contributed by atoms with van der Waals surface area (Å²) in [4.78, 5) is 37.4. The van der Waals surface area contributed by atoms with Crippen molar-refractivity contribution in [2.24, 2.45) is 0 Å². The molecule has 0 N–H and O–H groups in total. The van der Waals surface area contributed by atoms with E-state index in [9.17, 15) is 19.5 Å². The molecule has 0 aromatic carbocycles. The SMILES string of the molecule is CC/C=C\C/C=C\C/C=C\C/C=C\C/C=C\C/C=C\C/C=C\CCCCCCCCCCCCCCCC(=O)OC(COC(=O)CCCCCCCC/C=C\C/C=C\C/C=C\C/C=C\CC)COC(OCC[N+](C)(C)C)C(=O)[O-]. The molecule has 0 saturated heterocycles. The van der Waals surface area contributed by atoms with E-state index in [2.05, 4.69) is 148 Å². The normalized spacial score (nSPS) is 13.7. The predicted molar refractivity (Wildman–Crippen MR) is 333 cm³/mol. The Kier molecular flexibility index (Phi) is 56.1. The average Bonchev–Trinajstić information content (AvgIpc) is 3.42. The van der Waals surface area contributed by atoms with Crippen LogP contribution in [0.4, 0.5) is 0 Å². The van der Waals surface area contributed by atoms with Crippen molar-refractivity contribution in [3.63, 3.8) is 0 Å². The van der Waals surface area contributed by atoms with Gasteiger partial charge >= 0.3 is 11.9 Å². The first-order valence-electron chi connectivity index (χ1n) is 31.3. The molecule has 0 aliphatic heterocycles. The van der Waals surface area contributed by atoms with Gasteiger partial charge in [0.1, 0.15) is 13.2 Å². The monoisotopic (exact) mass is 1100 g/mol. The Morgan fingerprint density at radius 1 is 0.380 bits per heavy atom. The number of unbranched alkanes of at least 4 members (excludes halogenated alkanes) is 19. The van der Waals surface area contributed by atoms with E-state index < -0.39 is 24.3 Å². The van der Waals surface area contributed by atoms with Crippen LogP contribution in [0.1, 0.15) is 232 Å². The molecule has 0 saturated carbocycles. The van der Waals surface area contributed by atoms with Gasteiger partial charge in [0.2, 0.25) is 0 Å². The van der Waals surface area contributed by atoms with Gasteiger partial charge in [0.05, 0.1) is 40.3 Å². The number of aliphatic carboxylic acids is 1. The Morgan fingerprint density at radius 2 is 0.684 bits per heavy atom. The third kappa shape index (κ3) is 60.9. The summed E-state index contributed by atoms with van der Waals surface area (Å²) in [5.74, 6) is -2.31. The number of carbonyl (C=O) groups excluding carboxylic acids is 3. The van der Waals surface area contributed by atoms with Crippen LogP contribution in [0.2, 0.25) is 0 Å². The number of likely N-dealkylation sites (N-methyl/N-ethyl adjacent to an activating group) is 1. The number of quaternary nitrogens is 1. The Balaban J connectivity index is 4.19. The first-order chi connectivity index (χ1) is 38.6. The van der Waals surface area contributed by atoms with E-state index in [1.54, 1.807) is 0 Å². The maximum Gasteiger partial charge on any atom is 0.306 e. The first kappa shape index (κ1) is 74.4. The molecule has 9 heteroatoms. The molecule has 9 nitrogen and oxygen atoms in total. The summed E-state index contributed by atoms with van der Waals surface area (Å²) in [6, 6.07) is 0. The number of carbonyl (C=O) groups is 3. The van der Waals surface area contributed by atoms with E-state index in [0.29, 0.717) is 17.4 Å². The first-order valence-corrected chi connectivity index (χ1v) is 31.3. The van der Waals surface area contributed by atoms with Crippen molar-refractivity contribution in [1.82, 2.24) is 0 Å². The van der Waals surface area contributed by atoms with Gasteiger partial charge in [-0.05, 0) is 109 Å². The molecule has 0 aromatic rings. The zero-order chi connectivity index (χ0) is 57.6. The maximum absolute atomic E-state index is 12.9. The van der Waals surface area contributed by atoms with Crippen LogP contribution >= 0.6 is 0 Å². The highest BCUT2D eigenvalue weighted by Gasteiger charge is 2.22. The van der Waals surface area contributed by atoms with Crippen molar-refractivity contribution >= 4 is 17.9 Å². The minimum Gasteiger partial charge on any atom is -0.545 e. The highest BCUT2D eigenvalue weighted by molar-refractivity contribution is 5.70. The standard InChI is InChI=1S/C70H115NO8/c1-6-8-10-12-14-16-18-20-22-24-26-27-28-29-30-31-32-33-34-35-36-37-38-39-40-41-43-45-47-49-51-53-55-57-59-61-68(73)79-66(65-78-70(69(74)75)76-63-62-71(3,4)5)64-77-67(72)60-58-56-54-52-50-48-46-44-42-25-23-21-19-17-15-13-11-9-7-2/h8-11,14-17,20-23,26-27,29-30,32-33,35-36,42,44,66,70H,6-7,12-13,18-19,24-25,28,31,34,37-41,43,45-65H2,1-5H3/b10-8-,11-9-,16-14-,17-15-,22-20-,23-21-,27-26-,30-29-,33-32-,36-35-,44-42-. The molecule has 0 radical (unpaired) electrons. The second kappa shape index (κ2) is 59.5. The lowest BCUT2D eigenvalue weighted by atomic mass is 10.0. The van der Waals surface area contributed by atoms with Gasteiger partial charge in [-0.25, -0.2) is 0 Å². The lowest BCUT2D eigenvalue weighted by molar-refractivity contribution is -0.870. The zero-order valence-corrected chi connectivity index (χ0v) is 50.9. The Hall–Kier alpha value is -4.57. The molecule has 0 fully saturated rings. The average molecular weight is 1100 g/mol. The Morgan fingerprint density at radius 3 is 1.01 bits per heavy atom. The van der Waals surface area contributed by atoms with Crippen molar-refractivity contribution in [2.75, 3.05) is 47.5 Å². The van der Waals surface area contributed by atoms with Crippen LogP contribution in [-0.2, 0) is 33.3 Å². The van der Waals surface area contributed by atoms with Gasteiger partial charge in [-0.3, -0.25) is 9.59 Å². The third-order valence-electron chi connectivity index (χ3n) is 12.9. The number of esters is 2. The molecule has 2 atom stereocenters. The van der Waals surface area contributed by atoms with Crippen LogP contribution in [0.25, 0.3) is 0 Å². The molecule has 0 amide bonds. The van der Waals surface area contributed by atoms with Crippen LogP contribution in [0.5, 0.6) is 0 Å².